The summed E-state index contributed by atoms with van der Waals surface area (Å²) < 4.78 is 18.3. The summed E-state index contributed by atoms with van der Waals surface area (Å²) in [6.07, 6.45) is 2.88. The average molecular weight is 437 g/mol. The smallest absolute Gasteiger partial charge is 0.337 e. The van der Waals surface area contributed by atoms with Crippen molar-refractivity contribution in [3.63, 3.8) is 0 Å². The van der Waals surface area contributed by atoms with E-state index in [1.807, 2.05) is 24.5 Å². The number of imidazole rings is 1. The van der Waals surface area contributed by atoms with Crippen LogP contribution in [0.3, 0.4) is 0 Å². The lowest BCUT2D eigenvalue weighted by Gasteiger charge is -2.36. The number of benzene rings is 2. The van der Waals surface area contributed by atoms with E-state index in [4.69, 9.17) is 14.2 Å². The van der Waals surface area contributed by atoms with Gasteiger partial charge in [0, 0.05) is 44.5 Å². The van der Waals surface area contributed by atoms with Crippen LogP contribution in [0.1, 0.15) is 16.8 Å². The lowest BCUT2D eigenvalue weighted by atomic mass is 10.2. The number of hydrogen-bond acceptors (Lipinski definition) is 7. The van der Waals surface area contributed by atoms with Crippen LogP contribution >= 0.6 is 0 Å². The zero-order valence-corrected chi connectivity index (χ0v) is 18.3. The summed E-state index contributed by atoms with van der Waals surface area (Å²) in [5.74, 6) is 1.36. The van der Waals surface area contributed by atoms with Gasteiger partial charge in [0.25, 0.3) is 0 Å². The van der Waals surface area contributed by atoms with E-state index in [1.54, 1.807) is 6.07 Å². The second-order valence-electron chi connectivity index (χ2n) is 8.14. The van der Waals surface area contributed by atoms with Gasteiger partial charge in [0.15, 0.2) is 11.5 Å². The van der Waals surface area contributed by atoms with Crippen molar-refractivity contribution in [2.75, 3.05) is 57.9 Å². The van der Waals surface area contributed by atoms with E-state index in [2.05, 4.69) is 31.5 Å². The molecule has 0 amide bonds. The fraction of sp³-hybridized carbons (Fsp3) is 0.417. The first-order valence-corrected chi connectivity index (χ1v) is 11.1. The van der Waals surface area contributed by atoms with Crippen molar-refractivity contribution in [2.45, 2.75) is 13.0 Å². The molecule has 1 aromatic heterocycles. The fourth-order valence-electron chi connectivity index (χ4n) is 4.40. The maximum Gasteiger partial charge on any atom is 0.337 e. The number of rotatable bonds is 6. The number of methoxy groups -OCH3 is 1. The Kier molecular flexibility index (Phi) is 5.85. The number of carbonyl (C=O) groups excluding carboxylic acids is 1. The number of nitrogens with zero attached hydrogens (tertiary/aromatic N) is 4. The monoisotopic (exact) mass is 436 g/mol. The predicted molar refractivity (Wildman–Crippen MR) is 122 cm³/mol. The summed E-state index contributed by atoms with van der Waals surface area (Å²) in [5, 5.41) is 0. The first kappa shape index (κ1) is 20.6. The van der Waals surface area contributed by atoms with E-state index in [9.17, 15) is 4.79 Å². The molecule has 0 unspecified atom stereocenters. The lowest BCUT2D eigenvalue weighted by molar-refractivity contribution is 0.0601. The summed E-state index contributed by atoms with van der Waals surface area (Å²) in [6, 6.07) is 11.7. The summed E-state index contributed by atoms with van der Waals surface area (Å²) in [4.78, 5) is 21.2. The summed E-state index contributed by atoms with van der Waals surface area (Å²) >= 11 is 0. The molecule has 2 aliphatic rings. The average Bonchev–Trinajstić information content (AvgIpc) is 3.26. The van der Waals surface area contributed by atoms with Crippen LogP contribution in [0, 0.1) is 0 Å². The number of aromatic nitrogens is 2. The van der Waals surface area contributed by atoms with Gasteiger partial charge >= 0.3 is 5.97 Å². The Balaban J connectivity index is 1.14. The third kappa shape index (κ3) is 4.23. The summed E-state index contributed by atoms with van der Waals surface area (Å²) in [6.45, 7) is 7.19. The Labute approximate surface area is 187 Å². The van der Waals surface area contributed by atoms with Crippen molar-refractivity contribution in [1.82, 2.24) is 14.5 Å². The van der Waals surface area contributed by atoms with Crippen molar-refractivity contribution in [2.24, 2.45) is 0 Å². The molecule has 32 heavy (non-hydrogen) atoms. The third-order valence-corrected chi connectivity index (χ3v) is 6.18. The number of aryl methyl sites for hydroxylation is 1. The number of carbonyl (C=O) groups is 1. The van der Waals surface area contributed by atoms with Crippen molar-refractivity contribution in [1.29, 1.82) is 0 Å². The van der Waals surface area contributed by atoms with Gasteiger partial charge in [-0.2, -0.15) is 0 Å². The molecule has 0 N–H and O–H groups in total. The van der Waals surface area contributed by atoms with E-state index in [-0.39, 0.29) is 5.97 Å². The Hall–Kier alpha value is -3.26. The molecule has 1 saturated heterocycles. The highest BCUT2D eigenvalue weighted by molar-refractivity contribution is 5.93. The van der Waals surface area contributed by atoms with E-state index < -0.39 is 0 Å². The molecule has 3 aromatic rings. The number of esters is 1. The van der Waals surface area contributed by atoms with Crippen molar-refractivity contribution < 1.29 is 19.0 Å². The molecule has 8 heteroatoms. The van der Waals surface area contributed by atoms with E-state index in [1.165, 1.54) is 12.8 Å². The molecule has 0 spiro atoms. The van der Waals surface area contributed by atoms with Crippen molar-refractivity contribution in [3.8, 4) is 11.5 Å². The molecule has 0 bridgehead atoms. The fourth-order valence-corrected chi connectivity index (χ4v) is 4.40. The molecule has 0 atom stereocenters. The molecular formula is C24H28N4O4. The van der Waals surface area contributed by atoms with Gasteiger partial charge in [0.2, 0.25) is 0 Å². The highest BCUT2D eigenvalue weighted by atomic mass is 16.6. The normalized spacial score (nSPS) is 16.3. The summed E-state index contributed by atoms with van der Waals surface area (Å²) in [7, 11) is 1.40. The number of hydrogen-bond donors (Lipinski definition) is 0. The Morgan fingerprint density at radius 3 is 2.62 bits per heavy atom. The summed E-state index contributed by atoms with van der Waals surface area (Å²) in [5.41, 5.74) is 3.61. The molecule has 0 saturated carbocycles. The van der Waals surface area contributed by atoms with Crippen LogP contribution in [0.2, 0.25) is 0 Å². The molecule has 3 heterocycles. The number of anilines is 1. The Morgan fingerprint density at radius 2 is 1.81 bits per heavy atom. The first-order valence-electron chi connectivity index (χ1n) is 11.1. The van der Waals surface area contributed by atoms with Crippen LogP contribution < -0.4 is 14.4 Å². The van der Waals surface area contributed by atoms with E-state index in [0.717, 1.165) is 68.2 Å². The van der Waals surface area contributed by atoms with Gasteiger partial charge in [-0.25, -0.2) is 9.78 Å². The van der Waals surface area contributed by atoms with Crippen LogP contribution in [-0.4, -0.2) is 73.5 Å². The van der Waals surface area contributed by atoms with Crippen LogP contribution in [0.25, 0.3) is 11.0 Å². The maximum atomic E-state index is 11.8. The van der Waals surface area contributed by atoms with Crippen LogP contribution in [0.4, 0.5) is 5.69 Å². The van der Waals surface area contributed by atoms with Crippen molar-refractivity contribution in [3.05, 3.63) is 48.3 Å². The van der Waals surface area contributed by atoms with Gasteiger partial charge in [-0.1, -0.05) is 0 Å². The molecule has 8 nitrogen and oxygen atoms in total. The zero-order valence-electron chi connectivity index (χ0n) is 18.3. The van der Waals surface area contributed by atoms with Gasteiger partial charge < -0.3 is 23.7 Å². The predicted octanol–water partition coefficient (Wildman–Crippen LogP) is 2.81. The molecule has 2 aromatic carbocycles. The minimum Gasteiger partial charge on any atom is -0.486 e. The van der Waals surface area contributed by atoms with Gasteiger partial charge in [0.05, 0.1) is 30.0 Å². The minimum absolute atomic E-state index is 0.324. The second kappa shape index (κ2) is 9.08. The van der Waals surface area contributed by atoms with E-state index >= 15 is 0 Å². The van der Waals surface area contributed by atoms with Gasteiger partial charge in [-0.15, -0.1) is 0 Å². The molecule has 0 aliphatic carbocycles. The number of ether oxygens (including phenoxy) is 3. The Morgan fingerprint density at radius 1 is 1.00 bits per heavy atom. The maximum absolute atomic E-state index is 11.8. The quantitative estimate of drug-likeness (QED) is 0.551. The Bertz CT molecular complexity index is 1100. The van der Waals surface area contributed by atoms with Gasteiger partial charge in [-0.05, 0) is 43.3 Å². The highest BCUT2D eigenvalue weighted by Gasteiger charge is 2.19. The van der Waals surface area contributed by atoms with E-state index in [0.29, 0.717) is 18.8 Å². The van der Waals surface area contributed by atoms with Crippen LogP contribution in [0.15, 0.2) is 42.7 Å². The lowest BCUT2D eigenvalue weighted by Crippen LogP contribution is -2.46. The zero-order chi connectivity index (χ0) is 21.9. The molecule has 0 radical (unpaired) electrons. The third-order valence-electron chi connectivity index (χ3n) is 6.18. The largest absolute Gasteiger partial charge is 0.486 e. The van der Waals surface area contributed by atoms with Crippen molar-refractivity contribution >= 4 is 22.7 Å². The second-order valence-corrected chi connectivity index (χ2v) is 8.14. The molecule has 2 aliphatic heterocycles. The molecule has 168 valence electrons. The SMILES string of the molecule is COC(=O)c1ccc2ncn(CCCN3CCN(c4ccc5c(c4)OCCO5)CC3)c2c1. The molecule has 1 fully saturated rings. The van der Waals surface area contributed by atoms with Crippen LogP contribution in [-0.2, 0) is 11.3 Å². The molecule has 5 rings (SSSR count). The minimum atomic E-state index is -0.324. The standard InChI is InChI=1S/C24H28N4O4/c1-30-24(29)18-3-5-20-21(15-18)28(17-25-20)8-2-7-26-9-11-27(12-10-26)19-4-6-22-23(16-19)32-14-13-31-22/h3-6,15-17H,2,7-14H2,1H3. The number of piperazine rings is 1. The highest BCUT2D eigenvalue weighted by Crippen LogP contribution is 2.34. The van der Waals surface area contributed by atoms with Gasteiger partial charge in [0.1, 0.15) is 13.2 Å². The first-order chi connectivity index (χ1) is 15.7. The van der Waals surface area contributed by atoms with Gasteiger partial charge in [-0.3, -0.25) is 4.90 Å². The topological polar surface area (TPSA) is 69.1 Å². The number of fused-ring (bicyclic) bond motifs is 2. The van der Waals surface area contributed by atoms with Crippen LogP contribution in [0.5, 0.6) is 11.5 Å². The molecular weight excluding hydrogens is 408 g/mol.